The molecule has 172 valence electrons. The van der Waals surface area contributed by atoms with Crippen LogP contribution in [0.5, 0.6) is 5.75 Å². The first-order valence-corrected chi connectivity index (χ1v) is 12.3. The minimum atomic E-state index is -0.102. The summed E-state index contributed by atoms with van der Waals surface area (Å²) < 4.78 is 5.65. The standard InChI is InChI=1S/C26H34N2O4/c1-2-23(29)21-3-5-22(6-4-21)32-17-24(30)27-7-9-28(10-8-27)25(31)26-14-18-11-19(15-26)13-20(12-18)16-26/h3-6,18-20H,2,7-17H2,1H3. The SMILES string of the molecule is CCC(=O)c1ccc(OCC(=O)N2CCN(C(=O)C34CC5CC(CC(C5)C3)C4)CC2)cc1. The van der Waals surface area contributed by atoms with Crippen molar-refractivity contribution in [1.82, 2.24) is 9.80 Å². The molecule has 0 aromatic heterocycles. The molecule has 5 aliphatic rings. The number of carbonyl (C=O) groups excluding carboxylic acids is 3. The fourth-order valence-electron chi connectivity index (χ4n) is 7.04. The number of carbonyl (C=O) groups is 3. The molecule has 4 aliphatic carbocycles. The molecule has 1 saturated heterocycles. The van der Waals surface area contributed by atoms with Gasteiger partial charge in [-0.3, -0.25) is 14.4 Å². The third kappa shape index (κ3) is 4.04. The van der Waals surface area contributed by atoms with Crippen molar-refractivity contribution in [3.8, 4) is 5.75 Å². The number of hydrogen-bond donors (Lipinski definition) is 0. The molecule has 0 radical (unpaired) electrons. The van der Waals surface area contributed by atoms with Gasteiger partial charge in [0, 0.05) is 38.2 Å². The monoisotopic (exact) mass is 438 g/mol. The molecule has 6 nitrogen and oxygen atoms in total. The predicted octanol–water partition coefficient (Wildman–Crippen LogP) is 3.55. The Bertz CT molecular complexity index is 850. The van der Waals surface area contributed by atoms with Crippen LogP contribution < -0.4 is 4.74 Å². The fourth-order valence-corrected chi connectivity index (χ4v) is 7.04. The molecule has 1 heterocycles. The summed E-state index contributed by atoms with van der Waals surface area (Å²) in [6.07, 6.45) is 7.76. The second-order valence-corrected chi connectivity index (χ2v) is 10.5. The van der Waals surface area contributed by atoms with E-state index in [1.165, 1.54) is 19.3 Å². The van der Waals surface area contributed by atoms with E-state index in [0.717, 1.165) is 37.0 Å². The molecule has 4 saturated carbocycles. The third-order valence-corrected chi connectivity index (χ3v) is 8.27. The molecule has 32 heavy (non-hydrogen) atoms. The van der Waals surface area contributed by atoms with Gasteiger partial charge >= 0.3 is 0 Å². The van der Waals surface area contributed by atoms with Gasteiger partial charge in [0.25, 0.3) is 5.91 Å². The van der Waals surface area contributed by atoms with Gasteiger partial charge in [0.05, 0.1) is 5.41 Å². The minimum Gasteiger partial charge on any atom is -0.484 e. The molecular formula is C26H34N2O4. The number of ether oxygens (including phenoxy) is 1. The third-order valence-electron chi connectivity index (χ3n) is 8.27. The van der Waals surface area contributed by atoms with Gasteiger partial charge in [0.1, 0.15) is 5.75 Å². The maximum absolute atomic E-state index is 13.5. The maximum Gasteiger partial charge on any atom is 0.260 e. The Morgan fingerprint density at radius 1 is 0.875 bits per heavy atom. The number of hydrogen-bond acceptors (Lipinski definition) is 4. The Labute approximate surface area is 190 Å². The number of piperazine rings is 1. The molecule has 2 amide bonds. The summed E-state index contributed by atoms with van der Waals surface area (Å²) in [6.45, 7) is 4.21. The van der Waals surface area contributed by atoms with Crippen LogP contribution in [0.2, 0.25) is 0 Å². The molecule has 4 bridgehead atoms. The molecule has 0 unspecified atom stereocenters. The van der Waals surface area contributed by atoms with E-state index in [9.17, 15) is 14.4 Å². The normalized spacial score (nSPS) is 31.0. The van der Waals surface area contributed by atoms with Crippen molar-refractivity contribution in [2.24, 2.45) is 23.2 Å². The Balaban J connectivity index is 1.11. The van der Waals surface area contributed by atoms with Crippen LogP contribution in [0.4, 0.5) is 0 Å². The van der Waals surface area contributed by atoms with E-state index in [4.69, 9.17) is 4.74 Å². The molecule has 5 fully saturated rings. The summed E-state index contributed by atoms with van der Waals surface area (Å²) in [7, 11) is 0. The van der Waals surface area contributed by atoms with Crippen molar-refractivity contribution in [2.45, 2.75) is 51.9 Å². The predicted molar refractivity (Wildman–Crippen MR) is 120 cm³/mol. The molecular weight excluding hydrogens is 404 g/mol. The lowest BCUT2D eigenvalue weighted by Gasteiger charge is -2.57. The molecule has 6 rings (SSSR count). The summed E-state index contributed by atoms with van der Waals surface area (Å²) in [5.41, 5.74) is 0.556. The molecule has 0 atom stereocenters. The second-order valence-electron chi connectivity index (χ2n) is 10.5. The first-order chi connectivity index (χ1) is 15.5. The van der Waals surface area contributed by atoms with Gasteiger partial charge in [0.2, 0.25) is 5.91 Å². The van der Waals surface area contributed by atoms with E-state index < -0.39 is 0 Å². The van der Waals surface area contributed by atoms with E-state index in [-0.39, 0.29) is 23.7 Å². The molecule has 0 spiro atoms. The summed E-state index contributed by atoms with van der Waals surface area (Å²) in [4.78, 5) is 41.7. The van der Waals surface area contributed by atoms with E-state index in [0.29, 0.717) is 49.8 Å². The highest BCUT2D eigenvalue weighted by Crippen LogP contribution is 2.60. The van der Waals surface area contributed by atoms with Gasteiger partial charge in [-0.15, -0.1) is 0 Å². The zero-order chi connectivity index (χ0) is 22.3. The van der Waals surface area contributed by atoms with Crippen LogP contribution in [0.15, 0.2) is 24.3 Å². The van der Waals surface area contributed by atoms with Crippen LogP contribution in [-0.4, -0.2) is 60.2 Å². The number of nitrogens with zero attached hydrogens (tertiary/aromatic N) is 2. The summed E-state index contributed by atoms with van der Waals surface area (Å²) in [5.74, 6) is 3.27. The summed E-state index contributed by atoms with van der Waals surface area (Å²) in [6, 6.07) is 6.94. The van der Waals surface area contributed by atoms with Gasteiger partial charge in [-0.05, 0) is 80.5 Å². The zero-order valence-electron chi connectivity index (χ0n) is 19.1. The van der Waals surface area contributed by atoms with Crippen molar-refractivity contribution in [3.63, 3.8) is 0 Å². The Morgan fingerprint density at radius 2 is 1.41 bits per heavy atom. The van der Waals surface area contributed by atoms with Gasteiger partial charge in [-0.2, -0.15) is 0 Å². The highest BCUT2D eigenvalue weighted by molar-refractivity contribution is 5.95. The van der Waals surface area contributed by atoms with Crippen LogP contribution in [-0.2, 0) is 9.59 Å². The van der Waals surface area contributed by atoms with Crippen molar-refractivity contribution in [3.05, 3.63) is 29.8 Å². The smallest absolute Gasteiger partial charge is 0.260 e. The zero-order valence-corrected chi connectivity index (χ0v) is 19.1. The highest BCUT2D eigenvalue weighted by Gasteiger charge is 2.55. The van der Waals surface area contributed by atoms with E-state index >= 15 is 0 Å². The number of rotatable bonds is 6. The highest BCUT2D eigenvalue weighted by atomic mass is 16.5. The van der Waals surface area contributed by atoms with Gasteiger partial charge < -0.3 is 14.5 Å². The van der Waals surface area contributed by atoms with E-state index in [1.54, 1.807) is 29.2 Å². The Morgan fingerprint density at radius 3 is 1.94 bits per heavy atom. The van der Waals surface area contributed by atoms with Crippen molar-refractivity contribution >= 4 is 17.6 Å². The summed E-state index contributed by atoms with van der Waals surface area (Å²) in [5, 5.41) is 0. The number of amides is 2. The van der Waals surface area contributed by atoms with Crippen LogP contribution in [0.1, 0.15) is 62.2 Å². The van der Waals surface area contributed by atoms with Gasteiger partial charge in [0.15, 0.2) is 12.4 Å². The lowest BCUT2D eigenvalue weighted by atomic mass is 9.49. The summed E-state index contributed by atoms with van der Waals surface area (Å²) >= 11 is 0. The van der Waals surface area contributed by atoms with E-state index in [2.05, 4.69) is 0 Å². The largest absolute Gasteiger partial charge is 0.484 e. The van der Waals surface area contributed by atoms with Crippen LogP contribution in [0, 0.1) is 23.2 Å². The number of Topliss-reactive ketones (excluding diaryl/α,β-unsaturated/α-hetero) is 1. The molecule has 6 heteroatoms. The molecule has 0 N–H and O–H groups in total. The van der Waals surface area contributed by atoms with Crippen molar-refractivity contribution in [2.75, 3.05) is 32.8 Å². The molecule has 1 aromatic carbocycles. The number of ketones is 1. The average Bonchev–Trinajstić information content (AvgIpc) is 2.81. The quantitative estimate of drug-likeness (QED) is 0.637. The first-order valence-electron chi connectivity index (χ1n) is 12.3. The van der Waals surface area contributed by atoms with Crippen LogP contribution >= 0.6 is 0 Å². The lowest BCUT2D eigenvalue weighted by Crippen LogP contribution is -2.58. The fraction of sp³-hybridized carbons (Fsp3) is 0.654. The maximum atomic E-state index is 13.5. The van der Waals surface area contributed by atoms with E-state index in [1.807, 2.05) is 11.8 Å². The second kappa shape index (κ2) is 8.53. The lowest BCUT2D eigenvalue weighted by molar-refractivity contribution is -0.160. The topological polar surface area (TPSA) is 66.9 Å². The number of benzene rings is 1. The minimum absolute atomic E-state index is 0.0238. The average molecular weight is 439 g/mol. The van der Waals surface area contributed by atoms with Gasteiger partial charge in [-0.1, -0.05) is 6.92 Å². The Kier molecular flexibility index (Phi) is 5.72. The van der Waals surface area contributed by atoms with Crippen LogP contribution in [0.25, 0.3) is 0 Å². The molecule has 1 aromatic rings. The molecule has 1 aliphatic heterocycles. The van der Waals surface area contributed by atoms with Crippen molar-refractivity contribution < 1.29 is 19.1 Å². The first kappa shape index (κ1) is 21.5. The van der Waals surface area contributed by atoms with Crippen LogP contribution in [0.3, 0.4) is 0 Å². The Hall–Kier alpha value is -2.37. The van der Waals surface area contributed by atoms with Crippen molar-refractivity contribution in [1.29, 1.82) is 0 Å². The van der Waals surface area contributed by atoms with Gasteiger partial charge in [-0.25, -0.2) is 0 Å².